The van der Waals surface area contributed by atoms with Crippen molar-refractivity contribution in [2.24, 2.45) is 4.99 Å². The van der Waals surface area contributed by atoms with E-state index in [0.29, 0.717) is 21.7 Å². The molecule has 0 aromatic heterocycles. The molecule has 2 aromatic rings. The van der Waals surface area contributed by atoms with Crippen molar-refractivity contribution in [1.82, 2.24) is 4.90 Å². The van der Waals surface area contributed by atoms with Gasteiger partial charge in [0.25, 0.3) is 11.8 Å². The van der Waals surface area contributed by atoms with Crippen LogP contribution in [-0.4, -0.2) is 40.6 Å². The summed E-state index contributed by atoms with van der Waals surface area (Å²) < 4.78 is 19.3. The van der Waals surface area contributed by atoms with Crippen LogP contribution in [0.4, 0.5) is 10.1 Å². The van der Waals surface area contributed by atoms with Crippen LogP contribution in [0.2, 0.25) is 5.02 Å². The molecule has 206 valence electrons. The summed E-state index contributed by atoms with van der Waals surface area (Å²) in [5.41, 5.74) is 0.855. The maximum atomic E-state index is 13.8. The summed E-state index contributed by atoms with van der Waals surface area (Å²) in [6.07, 6.45) is 13.2. The largest absolute Gasteiger partial charge is 0.482 e. The van der Waals surface area contributed by atoms with Crippen molar-refractivity contribution in [2.75, 3.05) is 11.9 Å². The summed E-state index contributed by atoms with van der Waals surface area (Å²) in [5, 5.41) is 3.64. The van der Waals surface area contributed by atoms with Crippen LogP contribution in [0, 0.1) is 5.82 Å². The van der Waals surface area contributed by atoms with E-state index in [4.69, 9.17) is 21.3 Å². The van der Waals surface area contributed by atoms with Gasteiger partial charge in [-0.15, -0.1) is 0 Å². The van der Waals surface area contributed by atoms with Crippen molar-refractivity contribution in [2.45, 2.75) is 76.3 Å². The number of halogens is 2. The van der Waals surface area contributed by atoms with Crippen molar-refractivity contribution in [3.63, 3.8) is 0 Å². The number of hydrogen-bond acceptors (Lipinski definition) is 5. The van der Waals surface area contributed by atoms with Gasteiger partial charge in [0.2, 0.25) is 0 Å². The summed E-state index contributed by atoms with van der Waals surface area (Å²) >= 11 is 7.92. The lowest BCUT2D eigenvalue weighted by Gasteiger charge is -2.31. The molecule has 3 fully saturated rings. The quantitative estimate of drug-likeness (QED) is 0.352. The van der Waals surface area contributed by atoms with E-state index in [1.54, 1.807) is 30.3 Å². The molecule has 2 saturated carbocycles. The maximum Gasteiger partial charge on any atom is 0.266 e. The molecule has 9 heteroatoms. The number of carbonyl (C=O) groups excluding carboxylic acids is 2. The molecule has 0 spiro atoms. The second-order valence-electron chi connectivity index (χ2n) is 10.3. The third-order valence-electron chi connectivity index (χ3n) is 7.40. The van der Waals surface area contributed by atoms with Gasteiger partial charge in [0.1, 0.15) is 11.6 Å². The molecule has 1 heterocycles. The molecule has 0 atom stereocenters. The molecule has 2 aromatic carbocycles. The third kappa shape index (κ3) is 7.03. The fraction of sp³-hybridized carbons (Fsp3) is 0.433. The van der Waals surface area contributed by atoms with Gasteiger partial charge >= 0.3 is 0 Å². The van der Waals surface area contributed by atoms with Crippen LogP contribution in [0.15, 0.2) is 52.4 Å². The number of ether oxygens (including phenoxy) is 1. The van der Waals surface area contributed by atoms with Crippen LogP contribution in [0.25, 0.3) is 6.08 Å². The van der Waals surface area contributed by atoms with Crippen molar-refractivity contribution in [3.8, 4) is 5.75 Å². The van der Waals surface area contributed by atoms with Gasteiger partial charge in [-0.1, -0.05) is 68.3 Å². The Bertz CT molecular complexity index is 1270. The Labute approximate surface area is 238 Å². The predicted octanol–water partition coefficient (Wildman–Crippen LogP) is 7.43. The molecule has 0 bridgehead atoms. The van der Waals surface area contributed by atoms with Crippen molar-refractivity contribution >= 4 is 52.1 Å². The fourth-order valence-electron chi connectivity index (χ4n) is 5.37. The van der Waals surface area contributed by atoms with Crippen LogP contribution in [0.3, 0.4) is 0 Å². The lowest BCUT2D eigenvalue weighted by atomic mass is 9.94. The van der Waals surface area contributed by atoms with E-state index in [2.05, 4.69) is 5.32 Å². The van der Waals surface area contributed by atoms with E-state index >= 15 is 0 Å². The minimum Gasteiger partial charge on any atom is -0.482 e. The molecule has 3 aliphatic rings. The number of rotatable bonds is 7. The number of anilines is 1. The first-order valence-corrected chi connectivity index (χ1v) is 14.9. The van der Waals surface area contributed by atoms with Gasteiger partial charge in [-0.2, -0.15) is 0 Å². The Morgan fingerprint density at radius 1 is 1.08 bits per heavy atom. The molecule has 39 heavy (non-hydrogen) atoms. The molecule has 1 N–H and O–H groups in total. The standard InChI is InChI=1S/C30H33ClFN3O3S/c31-23-17-20(15-16-26(23)38-19-28(36)34-25-14-8-7-13-24(25)32)18-27-29(37)35(22-11-5-2-6-12-22)30(39-27)33-21-9-3-1-4-10-21/h7-8,13-18,21-22H,1-6,9-12,19H2,(H,34,36)/b27-18-,33-30?. The number of hydrogen-bond donors (Lipinski definition) is 1. The summed E-state index contributed by atoms with van der Waals surface area (Å²) in [4.78, 5) is 33.5. The van der Waals surface area contributed by atoms with Crippen LogP contribution < -0.4 is 10.1 Å². The first kappa shape index (κ1) is 27.7. The normalized spacial score (nSPS) is 21.1. The Kier molecular flexibility index (Phi) is 9.24. The SMILES string of the molecule is O=C(COc1ccc(/C=C2\SC(=NC3CCCCC3)N(C3CCCCC3)C2=O)cc1Cl)Nc1ccccc1F. The third-order valence-corrected chi connectivity index (χ3v) is 8.70. The number of carbonyl (C=O) groups is 2. The zero-order chi connectivity index (χ0) is 27.2. The summed E-state index contributed by atoms with van der Waals surface area (Å²) in [6.45, 7) is -0.319. The number of nitrogens with one attached hydrogen (secondary N) is 1. The molecule has 2 amide bonds. The van der Waals surface area contributed by atoms with E-state index in [-0.39, 0.29) is 24.2 Å². The maximum absolute atomic E-state index is 13.8. The first-order valence-electron chi connectivity index (χ1n) is 13.8. The highest BCUT2D eigenvalue weighted by atomic mass is 35.5. The van der Waals surface area contributed by atoms with Gasteiger partial charge in [0.15, 0.2) is 11.8 Å². The molecule has 0 unspecified atom stereocenters. The second-order valence-corrected chi connectivity index (χ2v) is 11.7. The number of thioether (sulfide) groups is 1. The molecule has 1 saturated heterocycles. The highest BCUT2D eigenvalue weighted by Crippen LogP contribution is 2.39. The van der Waals surface area contributed by atoms with Gasteiger partial charge in [-0.25, -0.2) is 4.39 Å². The molecule has 1 aliphatic heterocycles. The van der Waals surface area contributed by atoms with Crippen molar-refractivity contribution in [3.05, 3.63) is 63.8 Å². The van der Waals surface area contributed by atoms with Gasteiger partial charge in [-0.3, -0.25) is 19.5 Å². The van der Waals surface area contributed by atoms with Gasteiger partial charge in [0, 0.05) is 6.04 Å². The van der Waals surface area contributed by atoms with Crippen LogP contribution in [0.5, 0.6) is 5.75 Å². The number of nitrogens with zero attached hydrogens (tertiary/aromatic N) is 2. The van der Waals surface area contributed by atoms with Crippen molar-refractivity contribution < 1.29 is 18.7 Å². The highest BCUT2D eigenvalue weighted by Gasteiger charge is 2.39. The summed E-state index contributed by atoms with van der Waals surface area (Å²) in [6, 6.07) is 11.6. The molecule has 0 radical (unpaired) electrons. The Morgan fingerprint density at radius 2 is 1.79 bits per heavy atom. The van der Waals surface area contributed by atoms with Gasteiger partial charge in [-0.05, 0) is 73.4 Å². The molecular weight excluding hydrogens is 537 g/mol. The van der Waals surface area contributed by atoms with E-state index in [9.17, 15) is 14.0 Å². The molecule has 5 rings (SSSR count). The lowest BCUT2D eigenvalue weighted by Crippen LogP contribution is -2.41. The minimum atomic E-state index is -0.519. The number of aliphatic imine (C=N–C) groups is 1. The first-order chi connectivity index (χ1) is 19.0. The average molecular weight is 570 g/mol. The van der Waals surface area contributed by atoms with E-state index in [1.165, 1.54) is 49.6 Å². The Hall–Kier alpha value is -2.84. The van der Waals surface area contributed by atoms with Gasteiger partial charge in [0.05, 0.1) is 21.7 Å². The number of amides is 2. The van der Waals surface area contributed by atoms with E-state index in [0.717, 1.165) is 49.3 Å². The molecule has 6 nitrogen and oxygen atoms in total. The van der Waals surface area contributed by atoms with Gasteiger partial charge < -0.3 is 10.1 Å². The van der Waals surface area contributed by atoms with Crippen LogP contribution >= 0.6 is 23.4 Å². The Morgan fingerprint density at radius 3 is 2.51 bits per heavy atom. The summed E-state index contributed by atoms with van der Waals surface area (Å²) in [5.74, 6) is -0.670. The number of amidine groups is 1. The van der Waals surface area contributed by atoms with Crippen LogP contribution in [0.1, 0.15) is 69.8 Å². The fourth-order valence-corrected chi connectivity index (χ4v) is 6.72. The second kappa shape index (κ2) is 13.0. The summed E-state index contributed by atoms with van der Waals surface area (Å²) in [7, 11) is 0. The zero-order valence-corrected chi connectivity index (χ0v) is 23.4. The van der Waals surface area contributed by atoms with Crippen LogP contribution in [-0.2, 0) is 9.59 Å². The highest BCUT2D eigenvalue weighted by molar-refractivity contribution is 8.18. The molecular formula is C30H33ClFN3O3S. The monoisotopic (exact) mass is 569 g/mol. The molecule has 2 aliphatic carbocycles. The average Bonchev–Trinajstić information content (AvgIpc) is 3.24. The minimum absolute atomic E-state index is 0.0164. The lowest BCUT2D eigenvalue weighted by molar-refractivity contribution is -0.124. The van der Waals surface area contributed by atoms with E-state index in [1.807, 2.05) is 11.0 Å². The number of benzene rings is 2. The Balaban J connectivity index is 1.28. The number of para-hydroxylation sites is 1. The zero-order valence-electron chi connectivity index (χ0n) is 21.8. The smallest absolute Gasteiger partial charge is 0.266 e. The van der Waals surface area contributed by atoms with E-state index < -0.39 is 11.7 Å². The van der Waals surface area contributed by atoms with Crippen molar-refractivity contribution in [1.29, 1.82) is 0 Å². The topological polar surface area (TPSA) is 71.0 Å². The predicted molar refractivity (Wildman–Crippen MR) is 156 cm³/mol.